The lowest BCUT2D eigenvalue weighted by molar-refractivity contribution is -0.133. The van der Waals surface area contributed by atoms with Crippen LogP contribution in [0.1, 0.15) is 16.7 Å². The molecule has 2 rings (SSSR count). The van der Waals surface area contributed by atoms with Crippen molar-refractivity contribution in [2.24, 2.45) is 0 Å². The molecule has 0 aromatic heterocycles. The molecule has 0 fully saturated rings. The number of aryl methyl sites for hydroxylation is 2. The summed E-state index contributed by atoms with van der Waals surface area (Å²) in [6.45, 7) is 3.55. The van der Waals surface area contributed by atoms with E-state index in [4.69, 9.17) is 0 Å². The Morgan fingerprint density at radius 3 is 2.25 bits per heavy atom. The van der Waals surface area contributed by atoms with Gasteiger partial charge < -0.3 is 15.5 Å². The Morgan fingerprint density at radius 1 is 0.964 bits per heavy atom. The van der Waals surface area contributed by atoms with E-state index in [0.717, 1.165) is 22.4 Å². The molecule has 6 nitrogen and oxygen atoms in total. The molecule has 146 valence electrons. The third kappa shape index (κ3) is 6.39. The minimum Gasteiger partial charge on any atom is -0.343 e. The molecule has 2 aromatic rings. The number of anilines is 1. The monoisotopic (exact) mass is 379 g/mol. The summed E-state index contributed by atoms with van der Waals surface area (Å²) in [7, 11) is 1.53. The maximum Gasteiger partial charge on any atom is 0.244 e. The van der Waals surface area contributed by atoms with Crippen molar-refractivity contribution in [1.29, 1.82) is 0 Å². The van der Waals surface area contributed by atoms with Gasteiger partial charge in [0.15, 0.2) is 0 Å². The third-order valence-electron chi connectivity index (χ3n) is 4.19. The lowest BCUT2D eigenvalue weighted by Crippen LogP contribution is -2.41. The van der Waals surface area contributed by atoms with Crippen LogP contribution >= 0.6 is 0 Å². The summed E-state index contributed by atoms with van der Waals surface area (Å²) in [5.41, 5.74) is 3.57. The Bertz CT molecular complexity index is 856. The SMILES string of the molecule is Cc1cccc(C)c1NC(=O)CN(C)C(=O)CNC(=O)/C=C/c1ccccc1. The molecule has 0 aliphatic carbocycles. The standard InChI is InChI=1S/C22H25N3O3/c1-16-8-7-9-17(2)22(16)24-20(27)15-25(3)21(28)14-23-19(26)13-12-18-10-5-4-6-11-18/h4-13H,14-15H2,1-3H3,(H,23,26)(H,24,27)/b13-12+. The van der Waals surface area contributed by atoms with Gasteiger partial charge in [0.05, 0.1) is 13.1 Å². The molecule has 0 aliphatic heterocycles. The third-order valence-corrected chi connectivity index (χ3v) is 4.19. The van der Waals surface area contributed by atoms with Crippen LogP contribution in [-0.2, 0) is 14.4 Å². The predicted octanol–water partition coefficient (Wildman–Crippen LogP) is 2.53. The van der Waals surface area contributed by atoms with Crippen LogP contribution in [0.2, 0.25) is 0 Å². The van der Waals surface area contributed by atoms with E-state index in [0.29, 0.717) is 0 Å². The van der Waals surface area contributed by atoms with Crippen LogP contribution < -0.4 is 10.6 Å². The van der Waals surface area contributed by atoms with E-state index in [2.05, 4.69) is 10.6 Å². The molecule has 0 aliphatic rings. The van der Waals surface area contributed by atoms with Gasteiger partial charge in [0.25, 0.3) is 0 Å². The molecule has 0 spiro atoms. The van der Waals surface area contributed by atoms with Gasteiger partial charge in [-0.05, 0) is 36.6 Å². The van der Waals surface area contributed by atoms with E-state index in [1.54, 1.807) is 6.08 Å². The molecule has 2 aromatic carbocycles. The number of carbonyl (C=O) groups excluding carboxylic acids is 3. The first-order chi connectivity index (χ1) is 13.4. The summed E-state index contributed by atoms with van der Waals surface area (Å²) < 4.78 is 0. The van der Waals surface area contributed by atoms with Crippen LogP contribution in [0.3, 0.4) is 0 Å². The number of nitrogens with one attached hydrogen (secondary N) is 2. The number of benzene rings is 2. The fraction of sp³-hybridized carbons (Fsp3) is 0.227. The molecular weight excluding hydrogens is 354 g/mol. The first kappa shape index (κ1) is 20.9. The number of hydrogen-bond donors (Lipinski definition) is 2. The van der Waals surface area contributed by atoms with Crippen molar-refractivity contribution in [2.45, 2.75) is 13.8 Å². The number of nitrogens with zero attached hydrogens (tertiary/aromatic N) is 1. The van der Waals surface area contributed by atoms with Crippen LogP contribution in [0.5, 0.6) is 0 Å². The normalized spacial score (nSPS) is 10.5. The summed E-state index contributed by atoms with van der Waals surface area (Å²) in [4.78, 5) is 37.5. The number of para-hydroxylation sites is 1. The molecule has 0 radical (unpaired) electrons. The summed E-state index contributed by atoms with van der Waals surface area (Å²) in [5, 5.41) is 5.36. The zero-order valence-corrected chi connectivity index (χ0v) is 16.4. The van der Waals surface area contributed by atoms with Gasteiger partial charge in [-0.25, -0.2) is 0 Å². The van der Waals surface area contributed by atoms with Crippen LogP contribution in [0, 0.1) is 13.8 Å². The molecule has 0 bridgehead atoms. The van der Waals surface area contributed by atoms with E-state index in [1.165, 1.54) is 18.0 Å². The molecule has 0 heterocycles. The second kappa shape index (κ2) is 10.1. The first-order valence-electron chi connectivity index (χ1n) is 8.98. The van der Waals surface area contributed by atoms with Crippen molar-refractivity contribution in [3.05, 3.63) is 71.3 Å². The second-order valence-electron chi connectivity index (χ2n) is 6.53. The van der Waals surface area contributed by atoms with Gasteiger partial charge in [-0.2, -0.15) is 0 Å². The average Bonchev–Trinajstić information content (AvgIpc) is 2.68. The topological polar surface area (TPSA) is 78.5 Å². The fourth-order valence-corrected chi connectivity index (χ4v) is 2.59. The van der Waals surface area contributed by atoms with E-state index in [-0.39, 0.29) is 30.8 Å². The number of carbonyl (C=O) groups is 3. The zero-order chi connectivity index (χ0) is 20.5. The second-order valence-corrected chi connectivity index (χ2v) is 6.53. The zero-order valence-electron chi connectivity index (χ0n) is 16.4. The number of hydrogen-bond acceptors (Lipinski definition) is 3. The van der Waals surface area contributed by atoms with Crippen LogP contribution in [0.15, 0.2) is 54.6 Å². The van der Waals surface area contributed by atoms with Gasteiger partial charge in [-0.3, -0.25) is 14.4 Å². The van der Waals surface area contributed by atoms with Gasteiger partial charge in [-0.1, -0.05) is 48.5 Å². The van der Waals surface area contributed by atoms with Gasteiger partial charge in [0.2, 0.25) is 17.7 Å². The highest BCUT2D eigenvalue weighted by atomic mass is 16.2. The molecule has 0 atom stereocenters. The van der Waals surface area contributed by atoms with Crippen molar-refractivity contribution in [3.63, 3.8) is 0 Å². The Kier molecular flexibility index (Phi) is 7.51. The molecule has 6 heteroatoms. The van der Waals surface area contributed by atoms with Gasteiger partial charge in [-0.15, -0.1) is 0 Å². The minimum atomic E-state index is -0.370. The van der Waals surface area contributed by atoms with Gasteiger partial charge in [0.1, 0.15) is 0 Å². The number of amides is 3. The molecule has 3 amide bonds. The summed E-state index contributed by atoms with van der Waals surface area (Å²) in [6, 6.07) is 15.1. The summed E-state index contributed by atoms with van der Waals surface area (Å²) in [6.07, 6.45) is 3.04. The maximum absolute atomic E-state index is 12.2. The van der Waals surface area contributed by atoms with Crippen LogP contribution in [0.25, 0.3) is 6.08 Å². The highest BCUT2D eigenvalue weighted by molar-refractivity contribution is 5.97. The Balaban J connectivity index is 1.79. The van der Waals surface area contributed by atoms with E-state index >= 15 is 0 Å². The van der Waals surface area contributed by atoms with E-state index in [9.17, 15) is 14.4 Å². The van der Waals surface area contributed by atoms with Crippen LogP contribution in [0.4, 0.5) is 5.69 Å². The highest BCUT2D eigenvalue weighted by Gasteiger charge is 2.14. The fourth-order valence-electron chi connectivity index (χ4n) is 2.59. The highest BCUT2D eigenvalue weighted by Crippen LogP contribution is 2.19. The quantitative estimate of drug-likeness (QED) is 0.726. The molecule has 0 saturated carbocycles. The summed E-state index contributed by atoms with van der Waals surface area (Å²) in [5.74, 6) is -1.01. The molecule has 0 unspecified atom stereocenters. The van der Waals surface area contributed by atoms with Crippen molar-refractivity contribution in [2.75, 3.05) is 25.5 Å². The van der Waals surface area contributed by atoms with E-state index in [1.807, 2.05) is 62.4 Å². The lowest BCUT2D eigenvalue weighted by Gasteiger charge is -2.18. The summed E-state index contributed by atoms with van der Waals surface area (Å²) >= 11 is 0. The van der Waals surface area contributed by atoms with Crippen molar-refractivity contribution in [3.8, 4) is 0 Å². The van der Waals surface area contributed by atoms with Crippen LogP contribution in [-0.4, -0.2) is 42.8 Å². The van der Waals surface area contributed by atoms with Crippen molar-refractivity contribution >= 4 is 29.5 Å². The van der Waals surface area contributed by atoms with Crippen molar-refractivity contribution < 1.29 is 14.4 Å². The molecule has 28 heavy (non-hydrogen) atoms. The van der Waals surface area contributed by atoms with Gasteiger partial charge >= 0.3 is 0 Å². The number of likely N-dealkylation sites (N-methyl/N-ethyl adjacent to an activating group) is 1. The molecular formula is C22H25N3O3. The maximum atomic E-state index is 12.2. The average molecular weight is 379 g/mol. The van der Waals surface area contributed by atoms with Crippen molar-refractivity contribution in [1.82, 2.24) is 10.2 Å². The smallest absolute Gasteiger partial charge is 0.244 e. The first-order valence-corrected chi connectivity index (χ1v) is 8.98. The largest absolute Gasteiger partial charge is 0.343 e. The minimum absolute atomic E-state index is 0.0949. The number of rotatable bonds is 7. The predicted molar refractivity (Wildman–Crippen MR) is 111 cm³/mol. The Morgan fingerprint density at radius 2 is 1.61 bits per heavy atom. The molecule has 2 N–H and O–H groups in total. The Hall–Kier alpha value is -3.41. The van der Waals surface area contributed by atoms with E-state index < -0.39 is 0 Å². The molecule has 0 saturated heterocycles. The van der Waals surface area contributed by atoms with Gasteiger partial charge in [0, 0.05) is 18.8 Å². The Labute approximate surface area is 165 Å². The lowest BCUT2D eigenvalue weighted by atomic mass is 10.1.